The maximum absolute atomic E-state index is 9.69. The standard InChI is InChI=1S/C11H20O4/c1-13-8-15-11-6-5-10(14-2)4-3-9(12)7-11/h5-6,9-12H,3-4,7-8H2,1-2H3/b6-5+. The van der Waals surface area contributed by atoms with Gasteiger partial charge >= 0.3 is 0 Å². The van der Waals surface area contributed by atoms with Crippen molar-refractivity contribution >= 4 is 0 Å². The molecule has 0 bridgehead atoms. The zero-order valence-corrected chi connectivity index (χ0v) is 9.39. The van der Waals surface area contributed by atoms with Crippen molar-refractivity contribution in [2.45, 2.75) is 37.6 Å². The summed E-state index contributed by atoms with van der Waals surface area (Å²) in [6.07, 6.45) is 5.82. The molecule has 3 unspecified atom stereocenters. The van der Waals surface area contributed by atoms with Crippen molar-refractivity contribution in [1.29, 1.82) is 0 Å². The van der Waals surface area contributed by atoms with Gasteiger partial charge in [0.15, 0.2) is 0 Å². The van der Waals surface area contributed by atoms with Crippen LogP contribution in [0.25, 0.3) is 0 Å². The van der Waals surface area contributed by atoms with Crippen LogP contribution in [0.3, 0.4) is 0 Å². The average molecular weight is 216 g/mol. The first kappa shape index (κ1) is 12.6. The van der Waals surface area contributed by atoms with E-state index < -0.39 is 0 Å². The fourth-order valence-electron chi connectivity index (χ4n) is 1.64. The first-order valence-corrected chi connectivity index (χ1v) is 5.26. The zero-order valence-electron chi connectivity index (χ0n) is 9.39. The molecule has 4 heteroatoms. The number of methoxy groups -OCH3 is 2. The summed E-state index contributed by atoms with van der Waals surface area (Å²) in [4.78, 5) is 0. The third-order valence-electron chi connectivity index (χ3n) is 2.53. The van der Waals surface area contributed by atoms with Gasteiger partial charge in [0, 0.05) is 20.6 Å². The van der Waals surface area contributed by atoms with Crippen molar-refractivity contribution in [3.63, 3.8) is 0 Å². The Kier molecular flexibility index (Phi) is 5.86. The second-order valence-electron chi connectivity index (χ2n) is 3.74. The van der Waals surface area contributed by atoms with Gasteiger partial charge in [0.2, 0.25) is 0 Å². The third-order valence-corrected chi connectivity index (χ3v) is 2.53. The molecule has 0 aromatic heterocycles. The molecule has 88 valence electrons. The lowest BCUT2D eigenvalue weighted by Crippen LogP contribution is -2.24. The molecular formula is C11H20O4. The van der Waals surface area contributed by atoms with Crippen LogP contribution in [0.4, 0.5) is 0 Å². The Morgan fingerprint density at radius 2 is 1.93 bits per heavy atom. The van der Waals surface area contributed by atoms with Crippen LogP contribution >= 0.6 is 0 Å². The van der Waals surface area contributed by atoms with Gasteiger partial charge in [0.25, 0.3) is 0 Å². The molecule has 0 fully saturated rings. The van der Waals surface area contributed by atoms with E-state index in [1.165, 1.54) is 0 Å². The summed E-state index contributed by atoms with van der Waals surface area (Å²) in [6.45, 7) is 0.249. The lowest BCUT2D eigenvalue weighted by Gasteiger charge is -2.22. The number of aliphatic hydroxyl groups excluding tert-OH is 1. The van der Waals surface area contributed by atoms with Crippen LogP contribution in [-0.4, -0.2) is 44.4 Å². The van der Waals surface area contributed by atoms with E-state index in [0.29, 0.717) is 6.42 Å². The van der Waals surface area contributed by atoms with E-state index in [0.717, 1.165) is 12.8 Å². The molecule has 0 radical (unpaired) electrons. The summed E-state index contributed by atoms with van der Waals surface area (Å²) in [5.41, 5.74) is 0. The van der Waals surface area contributed by atoms with Crippen LogP contribution in [-0.2, 0) is 14.2 Å². The summed E-state index contributed by atoms with van der Waals surface area (Å²) >= 11 is 0. The van der Waals surface area contributed by atoms with Crippen molar-refractivity contribution in [1.82, 2.24) is 0 Å². The summed E-state index contributed by atoms with van der Waals surface area (Å²) in [7, 11) is 3.26. The largest absolute Gasteiger partial charge is 0.393 e. The minimum absolute atomic E-state index is 0.0774. The zero-order chi connectivity index (χ0) is 11.1. The predicted molar refractivity (Wildman–Crippen MR) is 56.5 cm³/mol. The van der Waals surface area contributed by atoms with Gasteiger partial charge in [-0.25, -0.2) is 0 Å². The highest BCUT2D eigenvalue weighted by Gasteiger charge is 2.17. The molecule has 15 heavy (non-hydrogen) atoms. The molecule has 1 aliphatic carbocycles. The summed E-state index contributed by atoms with van der Waals surface area (Å²) < 4.78 is 15.5. The minimum Gasteiger partial charge on any atom is -0.393 e. The third kappa shape index (κ3) is 4.75. The highest BCUT2D eigenvalue weighted by atomic mass is 16.7. The summed E-state index contributed by atoms with van der Waals surface area (Å²) in [5.74, 6) is 0. The van der Waals surface area contributed by atoms with Gasteiger partial charge in [-0.15, -0.1) is 0 Å². The Labute approximate surface area is 90.8 Å². The van der Waals surface area contributed by atoms with E-state index >= 15 is 0 Å². The van der Waals surface area contributed by atoms with Crippen molar-refractivity contribution in [3.8, 4) is 0 Å². The molecule has 1 aliphatic rings. The highest BCUT2D eigenvalue weighted by Crippen LogP contribution is 2.16. The molecule has 0 amide bonds. The molecule has 0 heterocycles. The number of hydrogen-bond acceptors (Lipinski definition) is 4. The van der Waals surface area contributed by atoms with Gasteiger partial charge in [-0.1, -0.05) is 12.2 Å². The van der Waals surface area contributed by atoms with E-state index in [1.807, 2.05) is 12.2 Å². The lowest BCUT2D eigenvalue weighted by atomic mass is 10.00. The number of rotatable bonds is 4. The molecule has 4 nitrogen and oxygen atoms in total. The van der Waals surface area contributed by atoms with E-state index in [9.17, 15) is 5.11 Å². The van der Waals surface area contributed by atoms with Crippen LogP contribution in [0.2, 0.25) is 0 Å². The van der Waals surface area contributed by atoms with Crippen molar-refractivity contribution in [3.05, 3.63) is 12.2 Å². The number of aliphatic hydroxyl groups is 1. The van der Waals surface area contributed by atoms with Crippen LogP contribution in [0.15, 0.2) is 12.2 Å². The van der Waals surface area contributed by atoms with Crippen LogP contribution in [0.1, 0.15) is 19.3 Å². The first-order chi connectivity index (χ1) is 7.26. The normalized spacial score (nSPS) is 34.5. The maximum atomic E-state index is 9.69. The molecule has 1 rings (SSSR count). The van der Waals surface area contributed by atoms with Crippen LogP contribution in [0.5, 0.6) is 0 Å². The molecule has 0 aromatic rings. The quantitative estimate of drug-likeness (QED) is 0.564. The molecule has 0 saturated carbocycles. The Bertz CT molecular complexity index is 193. The average Bonchev–Trinajstić information content (AvgIpc) is 2.22. The molecule has 0 spiro atoms. The Morgan fingerprint density at radius 3 is 2.60 bits per heavy atom. The second-order valence-corrected chi connectivity index (χ2v) is 3.74. The number of hydrogen-bond donors (Lipinski definition) is 1. The highest BCUT2D eigenvalue weighted by molar-refractivity contribution is 4.98. The number of ether oxygens (including phenoxy) is 3. The van der Waals surface area contributed by atoms with Gasteiger partial charge in [-0.3, -0.25) is 0 Å². The van der Waals surface area contributed by atoms with Crippen molar-refractivity contribution < 1.29 is 19.3 Å². The van der Waals surface area contributed by atoms with E-state index in [2.05, 4.69) is 0 Å². The molecular weight excluding hydrogens is 196 g/mol. The summed E-state index contributed by atoms with van der Waals surface area (Å²) in [6, 6.07) is 0. The van der Waals surface area contributed by atoms with Crippen LogP contribution < -0.4 is 0 Å². The monoisotopic (exact) mass is 216 g/mol. The van der Waals surface area contributed by atoms with Crippen molar-refractivity contribution in [2.24, 2.45) is 0 Å². The molecule has 1 N–H and O–H groups in total. The fourth-order valence-corrected chi connectivity index (χ4v) is 1.64. The predicted octanol–water partition coefficient (Wildman–Crippen LogP) is 1.09. The van der Waals surface area contributed by atoms with Crippen molar-refractivity contribution in [2.75, 3.05) is 21.0 Å². The second kappa shape index (κ2) is 6.95. The topological polar surface area (TPSA) is 47.9 Å². The van der Waals surface area contributed by atoms with Gasteiger partial charge in [0.1, 0.15) is 6.79 Å². The Morgan fingerprint density at radius 1 is 1.20 bits per heavy atom. The summed E-state index contributed by atoms with van der Waals surface area (Å²) in [5, 5.41) is 9.69. The molecule has 0 aromatic carbocycles. The maximum Gasteiger partial charge on any atom is 0.147 e. The van der Waals surface area contributed by atoms with Gasteiger partial charge in [-0.05, 0) is 12.8 Å². The lowest BCUT2D eigenvalue weighted by molar-refractivity contribution is -0.0698. The van der Waals surface area contributed by atoms with E-state index in [-0.39, 0.29) is 25.1 Å². The smallest absolute Gasteiger partial charge is 0.147 e. The van der Waals surface area contributed by atoms with Gasteiger partial charge in [0.05, 0.1) is 18.3 Å². The fraction of sp³-hybridized carbons (Fsp3) is 0.818. The minimum atomic E-state index is -0.325. The molecule has 0 saturated heterocycles. The molecule has 0 aliphatic heterocycles. The van der Waals surface area contributed by atoms with E-state index in [4.69, 9.17) is 14.2 Å². The SMILES string of the molecule is COCOC1/C=C/C(OC)CCC(O)C1. The Hall–Kier alpha value is -0.420. The van der Waals surface area contributed by atoms with Gasteiger partial charge < -0.3 is 19.3 Å². The van der Waals surface area contributed by atoms with Gasteiger partial charge in [-0.2, -0.15) is 0 Å². The molecule has 3 atom stereocenters. The van der Waals surface area contributed by atoms with Crippen LogP contribution in [0, 0.1) is 0 Å². The Balaban J connectivity index is 2.49. The first-order valence-electron chi connectivity index (χ1n) is 5.26. The van der Waals surface area contributed by atoms with E-state index in [1.54, 1.807) is 14.2 Å².